The van der Waals surface area contributed by atoms with E-state index in [1.807, 2.05) is 0 Å². The van der Waals surface area contributed by atoms with Crippen LogP contribution in [0, 0.1) is 24.0 Å². The van der Waals surface area contributed by atoms with Crippen molar-refractivity contribution in [3.8, 4) is 18.2 Å². The molecule has 0 bridgehead atoms. The summed E-state index contributed by atoms with van der Waals surface area (Å²) in [5, 5.41) is 0. The molecule has 1 aromatic heterocycles. The number of aromatic nitrogens is 1. The van der Waals surface area contributed by atoms with Gasteiger partial charge in [-0.1, -0.05) is 5.92 Å². The molecule has 13 heavy (non-hydrogen) atoms. The van der Waals surface area contributed by atoms with E-state index in [0.29, 0.717) is 6.07 Å². The minimum atomic E-state index is -0.929. The van der Waals surface area contributed by atoms with Crippen LogP contribution in [-0.4, -0.2) is 11.6 Å². The Labute approximate surface area is 73.5 Å². The molecule has 3 nitrogen and oxygen atoms in total. The van der Waals surface area contributed by atoms with Crippen molar-refractivity contribution in [2.24, 2.45) is 0 Å². The van der Waals surface area contributed by atoms with Gasteiger partial charge in [-0.2, -0.15) is 4.98 Å². The summed E-state index contributed by atoms with van der Waals surface area (Å²) < 4.78 is 30.0. The fourth-order valence-corrected chi connectivity index (χ4v) is 0.674. The third-order valence-electron chi connectivity index (χ3n) is 1.22. The van der Waals surface area contributed by atoms with E-state index in [4.69, 9.17) is 12.2 Å². The number of nitrogen functional groups attached to an aromatic ring is 1. The second kappa shape index (κ2) is 3.72. The molecule has 0 spiro atoms. The zero-order valence-corrected chi connectivity index (χ0v) is 6.55. The van der Waals surface area contributed by atoms with Crippen LogP contribution in [0.2, 0.25) is 0 Å². The van der Waals surface area contributed by atoms with Crippen LogP contribution >= 0.6 is 0 Å². The van der Waals surface area contributed by atoms with Gasteiger partial charge in [0.2, 0.25) is 0 Å². The highest BCUT2D eigenvalue weighted by atomic mass is 19.1. The Morgan fingerprint density at radius 1 is 1.54 bits per heavy atom. The van der Waals surface area contributed by atoms with Crippen molar-refractivity contribution in [3.05, 3.63) is 17.7 Å². The third-order valence-corrected chi connectivity index (χ3v) is 1.22. The van der Waals surface area contributed by atoms with E-state index >= 15 is 0 Å². The molecule has 0 aliphatic carbocycles. The van der Waals surface area contributed by atoms with Gasteiger partial charge in [-0.3, -0.25) is 0 Å². The van der Waals surface area contributed by atoms with Crippen LogP contribution in [0.5, 0.6) is 5.88 Å². The second-order valence-electron chi connectivity index (χ2n) is 2.14. The molecular formula is C8H6F2N2O. The number of nitrogens with zero attached hydrogens (tertiary/aromatic N) is 1. The molecule has 0 aromatic carbocycles. The molecule has 0 saturated heterocycles. The average Bonchev–Trinajstić information content (AvgIpc) is 2.09. The SMILES string of the molecule is C#CCOc1nc(N)c(F)cc1F. The lowest BCUT2D eigenvalue weighted by Crippen LogP contribution is -2.03. The first-order chi connectivity index (χ1) is 6.15. The number of halogens is 2. The third kappa shape index (κ3) is 2.06. The quantitative estimate of drug-likeness (QED) is 0.696. The first kappa shape index (κ1) is 9.26. The van der Waals surface area contributed by atoms with Crippen LogP contribution in [-0.2, 0) is 0 Å². The number of rotatable bonds is 2. The summed E-state index contributed by atoms with van der Waals surface area (Å²) in [6, 6.07) is 0.591. The minimum absolute atomic E-state index is 0.144. The predicted octanol–water partition coefficient (Wildman–Crippen LogP) is 0.954. The Morgan fingerprint density at radius 3 is 2.85 bits per heavy atom. The van der Waals surface area contributed by atoms with Gasteiger partial charge in [0.15, 0.2) is 24.1 Å². The van der Waals surface area contributed by atoms with E-state index in [1.54, 1.807) is 0 Å². The van der Waals surface area contributed by atoms with Crippen LogP contribution in [0.25, 0.3) is 0 Å². The van der Waals surface area contributed by atoms with Gasteiger partial charge in [0.05, 0.1) is 0 Å². The Kier molecular flexibility index (Phi) is 2.65. The molecule has 1 aromatic rings. The van der Waals surface area contributed by atoms with E-state index in [9.17, 15) is 8.78 Å². The number of terminal acetylenes is 1. The normalized spacial score (nSPS) is 9.31. The number of anilines is 1. The number of ether oxygens (including phenoxy) is 1. The standard InChI is InChI=1S/C8H6F2N2O/c1-2-3-13-8-6(10)4-5(9)7(11)12-8/h1,4H,3H2,(H2,11,12). The Balaban J connectivity index is 2.96. The van der Waals surface area contributed by atoms with Crippen LogP contribution < -0.4 is 10.5 Å². The van der Waals surface area contributed by atoms with Gasteiger partial charge in [0.25, 0.3) is 5.88 Å². The van der Waals surface area contributed by atoms with Gasteiger partial charge in [-0.15, -0.1) is 6.42 Å². The first-order valence-electron chi connectivity index (χ1n) is 3.33. The summed E-state index contributed by atoms with van der Waals surface area (Å²) in [6.07, 6.45) is 4.86. The van der Waals surface area contributed by atoms with E-state index < -0.39 is 23.3 Å². The topological polar surface area (TPSA) is 48.1 Å². The largest absolute Gasteiger partial charge is 0.462 e. The average molecular weight is 184 g/mol. The molecule has 0 atom stereocenters. The highest BCUT2D eigenvalue weighted by Crippen LogP contribution is 2.18. The van der Waals surface area contributed by atoms with E-state index in [0.717, 1.165) is 0 Å². The van der Waals surface area contributed by atoms with Crippen LogP contribution in [0.4, 0.5) is 14.6 Å². The summed E-state index contributed by atoms with van der Waals surface area (Å²) in [4.78, 5) is 3.32. The summed E-state index contributed by atoms with van der Waals surface area (Å²) in [6.45, 7) is -0.144. The number of hydrogen-bond donors (Lipinski definition) is 1. The lowest BCUT2D eigenvalue weighted by Gasteiger charge is -2.03. The van der Waals surface area contributed by atoms with Gasteiger partial charge in [-0.25, -0.2) is 8.78 Å². The lowest BCUT2D eigenvalue weighted by atomic mass is 10.4. The van der Waals surface area contributed by atoms with Crippen molar-refractivity contribution in [2.75, 3.05) is 12.3 Å². The summed E-state index contributed by atoms with van der Waals surface area (Å²) in [5.74, 6) is -0.555. The van der Waals surface area contributed by atoms with Gasteiger partial charge >= 0.3 is 0 Å². The summed E-state index contributed by atoms with van der Waals surface area (Å²) in [5.41, 5.74) is 5.08. The zero-order chi connectivity index (χ0) is 9.84. The minimum Gasteiger partial charge on any atom is -0.462 e. The van der Waals surface area contributed by atoms with Crippen LogP contribution in [0.1, 0.15) is 0 Å². The van der Waals surface area contributed by atoms with Crippen LogP contribution in [0.3, 0.4) is 0 Å². The fraction of sp³-hybridized carbons (Fsp3) is 0.125. The second-order valence-corrected chi connectivity index (χ2v) is 2.14. The molecule has 68 valence electrons. The van der Waals surface area contributed by atoms with Gasteiger partial charge in [0.1, 0.15) is 0 Å². The van der Waals surface area contributed by atoms with Crippen molar-refractivity contribution < 1.29 is 13.5 Å². The molecule has 0 radical (unpaired) electrons. The van der Waals surface area contributed by atoms with Crippen molar-refractivity contribution >= 4 is 5.82 Å². The van der Waals surface area contributed by atoms with Crippen molar-refractivity contribution in [1.82, 2.24) is 4.98 Å². The molecule has 0 fully saturated rings. The molecule has 0 aliphatic heterocycles. The highest BCUT2D eigenvalue weighted by molar-refractivity contribution is 5.34. The van der Waals surface area contributed by atoms with Crippen molar-refractivity contribution in [1.29, 1.82) is 0 Å². The monoisotopic (exact) mass is 184 g/mol. The fourth-order valence-electron chi connectivity index (χ4n) is 0.674. The molecule has 5 heteroatoms. The Morgan fingerprint density at radius 2 is 2.23 bits per heavy atom. The van der Waals surface area contributed by atoms with Crippen molar-refractivity contribution in [2.45, 2.75) is 0 Å². The molecule has 1 heterocycles. The molecule has 1 rings (SSSR count). The lowest BCUT2D eigenvalue weighted by molar-refractivity contribution is 0.331. The molecule has 2 N–H and O–H groups in total. The van der Waals surface area contributed by atoms with Crippen LogP contribution in [0.15, 0.2) is 6.07 Å². The van der Waals surface area contributed by atoms with Gasteiger partial charge in [0, 0.05) is 6.07 Å². The molecule has 0 unspecified atom stereocenters. The molecular weight excluding hydrogens is 178 g/mol. The zero-order valence-electron chi connectivity index (χ0n) is 6.55. The maximum absolute atomic E-state index is 12.8. The van der Waals surface area contributed by atoms with Gasteiger partial charge in [-0.05, 0) is 0 Å². The maximum Gasteiger partial charge on any atom is 0.253 e. The van der Waals surface area contributed by atoms with Gasteiger partial charge < -0.3 is 10.5 Å². The predicted molar refractivity (Wildman–Crippen MR) is 42.9 cm³/mol. The summed E-state index contributed by atoms with van der Waals surface area (Å²) >= 11 is 0. The Bertz CT molecular complexity index is 360. The molecule has 0 amide bonds. The highest BCUT2D eigenvalue weighted by Gasteiger charge is 2.09. The number of nitrogens with two attached hydrogens (primary N) is 1. The molecule has 0 saturated carbocycles. The van der Waals surface area contributed by atoms with E-state index in [2.05, 4.69) is 15.6 Å². The summed E-state index contributed by atoms with van der Waals surface area (Å²) in [7, 11) is 0. The smallest absolute Gasteiger partial charge is 0.253 e. The maximum atomic E-state index is 12.8. The van der Waals surface area contributed by atoms with E-state index in [1.165, 1.54) is 0 Å². The number of hydrogen-bond acceptors (Lipinski definition) is 3. The Hall–Kier alpha value is -1.83. The van der Waals surface area contributed by atoms with E-state index in [-0.39, 0.29) is 6.61 Å². The molecule has 0 aliphatic rings. The van der Waals surface area contributed by atoms with Crippen molar-refractivity contribution in [3.63, 3.8) is 0 Å². The number of pyridine rings is 1. The first-order valence-corrected chi connectivity index (χ1v) is 3.33.